The molecule has 1 unspecified atom stereocenters. The Hall–Kier alpha value is -3.05. The molecule has 2 aromatic rings. The van der Waals surface area contributed by atoms with Crippen molar-refractivity contribution in [3.8, 4) is 0 Å². The first-order chi connectivity index (χ1) is 18.7. The number of amides is 3. The third kappa shape index (κ3) is 7.76. The summed E-state index contributed by atoms with van der Waals surface area (Å²) in [6, 6.07) is 9.26. The first kappa shape index (κ1) is 28.9. The summed E-state index contributed by atoms with van der Waals surface area (Å²) in [5.74, 6) is 0.519. The number of hydrogen-bond donors (Lipinski definition) is 1. The van der Waals surface area contributed by atoms with E-state index in [0.29, 0.717) is 68.3 Å². The number of aromatic nitrogens is 2. The van der Waals surface area contributed by atoms with Gasteiger partial charge in [-0.15, -0.1) is 0 Å². The Kier molecular flexibility index (Phi) is 9.90. The Bertz CT molecular complexity index is 1190. The molecule has 0 radical (unpaired) electrons. The monoisotopic (exact) mass is 574 g/mol. The number of esters is 1. The molecule has 2 aliphatic rings. The molecule has 2 saturated heterocycles. The number of nitrogens with one attached hydrogen (secondary N) is 1. The molecule has 1 atom stereocenters. The lowest BCUT2D eigenvalue weighted by atomic mass is 9.97. The van der Waals surface area contributed by atoms with E-state index in [-0.39, 0.29) is 35.6 Å². The lowest BCUT2D eigenvalue weighted by molar-refractivity contribution is -0.151. The zero-order valence-corrected chi connectivity index (χ0v) is 24.1. The number of benzene rings is 1. The number of carbonyl (C=O) groups is 3. The third-order valence-corrected chi connectivity index (χ3v) is 7.96. The van der Waals surface area contributed by atoms with Crippen LogP contribution >= 0.6 is 23.4 Å². The van der Waals surface area contributed by atoms with Crippen molar-refractivity contribution < 1.29 is 19.1 Å². The molecule has 210 valence electrons. The fraction of sp³-hybridized carbons (Fsp3) is 0.519. The predicted octanol–water partition coefficient (Wildman–Crippen LogP) is 4.07. The molecule has 3 heterocycles. The summed E-state index contributed by atoms with van der Waals surface area (Å²) in [6.45, 7) is 8.94. The van der Waals surface area contributed by atoms with E-state index in [1.807, 2.05) is 43.0 Å². The van der Waals surface area contributed by atoms with Gasteiger partial charge in [0.1, 0.15) is 11.0 Å². The number of ether oxygens (including phenoxy) is 1. The van der Waals surface area contributed by atoms with Crippen molar-refractivity contribution in [2.24, 2.45) is 5.92 Å². The summed E-state index contributed by atoms with van der Waals surface area (Å²) in [5.41, 5.74) is 1.86. The van der Waals surface area contributed by atoms with Gasteiger partial charge in [-0.1, -0.05) is 35.5 Å². The van der Waals surface area contributed by atoms with Gasteiger partial charge in [0.15, 0.2) is 5.16 Å². The molecule has 1 aromatic carbocycles. The fourth-order valence-corrected chi connectivity index (χ4v) is 5.82. The highest BCUT2D eigenvalue weighted by atomic mass is 35.5. The lowest BCUT2D eigenvalue weighted by Gasteiger charge is -2.40. The molecule has 4 rings (SSSR count). The zero-order valence-electron chi connectivity index (χ0n) is 22.6. The number of urea groups is 1. The number of halogens is 1. The molecule has 1 N–H and O–H groups in total. The summed E-state index contributed by atoms with van der Waals surface area (Å²) in [6.07, 6.45) is 1.22. The van der Waals surface area contributed by atoms with Gasteiger partial charge in [0.2, 0.25) is 5.91 Å². The Labute approximate surface area is 238 Å². The molecule has 2 aliphatic heterocycles. The Balaban J connectivity index is 1.29. The zero-order chi connectivity index (χ0) is 27.9. The molecular weight excluding hydrogens is 540 g/mol. The minimum absolute atomic E-state index is 0.0192. The summed E-state index contributed by atoms with van der Waals surface area (Å²) < 4.78 is 5.10. The van der Waals surface area contributed by atoms with Crippen LogP contribution in [0.5, 0.6) is 0 Å². The summed E-state index contributed by atoms with van der Waals surface area (Å²) in [5, 5.41) is 3.72. The number of piperazine rings is 1. The topological polar surface area (TPSA) is 108 Å². The standard InChI is InChI=1S/C27H35ClN6O4S/c1-4-38-25(36)20-8-10-32(11-9-20)24(35)17-39-26-30-22(28)15-23(31-26)33-12-13-34(19(3)16-33)27(37)29-21-7-5-6-18(2)14-21/h5-7,14-15,19-20H,4,8-13,16-17H2,1-3H3,(H,29,37). The molecule has 12 heteroatoms. The van der Waals surface area contributed by atoms with E-state index < -0.39 is 0 Å². The van der Waals surface area contributed by atoms with Crippen LogP contribution in [0.1, 0.15) is 32.3 Å². The summed E-state index contributed by atoms with van der Waals surface area (Å²) in [4.78, 5) is 52.3. The molecule has 10 nitrogen and oxygen atoms in total. The van der Waals surface area contributed by atoms with Crippen molar-refractivity contribution >= 4 is 52.8 Å². The second kappa shape index (κ2) is 13.3. The van der Waals surface area contributed by atoms with Crippen LogP contribution < -0.4 is 10.2 Å². The fourth-order valence-electron chi connectivity index (χ4n) is 4.84. The van der Waals surface area contributed by atoms with Crippen molar-refractivity contribution in [1.29, 1.82) is 0 Å². The van der Waals surface area contributed by atoms with E-state index in [0.717, 1.165) is 11.3 Å². The number of carbonyl (C=O) groups excluding carboxylic acids is 3. The quantitative estimate of drug-likeness (QED) is 0.228. The average molecular weight is 575 g/mol. The van der Waals surface area contributed by atoms with Crippen molar-refractivity contribution in [2.45, 2.75) is 44.8 Å². The van der Waals surface area contributed by atoms with Crippen LogP contribution in [0, 0.1) is 12.8 Å². The average Bonchev–Trinajstić information content (AvgIpc) is 2.91. The van der Waals surface area contributed by atoms with Crippen LogP contribution in [0.15, 0.2) is 35.5 Å². The maximum atomic E-state index is 12.9. The summed E-state index contributed by atoms with van der Waals surface area (Å²) >= 11 is 7.57. The third-order valence-electron chi connectivity index (χ3n) is 6.93. The van der Waals surface area contributed by atoms with Crippen LogP contribution in [0.2, 0.25) is 5.15 Å². The number of anilines is 2. The molecule has 0 aliphatic carbocycles. The normalized spacial score (nSPS) is 18.2. The highest BCUT2D eigenvalue weighted by Gasteiger charge is 2.30. The second-order valence-corrected chi connectivity index (χ2v) is 11.1. The van der Waals surface area contributed by atoms with Gasteiger partial charge in [0, 0.05) is 50.5 Å². The molecule has 0 bridgehead atoms. The predicted molar refractivity (Wildman–Crippen MR) is 152 cm³/mol. The Morgan fingerprint density at radius 2 is 1.90 bits per heavy atom. The van der Waals surface area contributed by atoms with Gasteiger partial charge in [-0.2, -0.15) is 0 Å². The number of thioether (sulfide) groups is 1. The lowest BCUT2D eigenvalue weighted by Crippen LogP contribution is -2.55. The van der Waals surface area contributed by atoms with Gasteiger partial charge < -0.3 is 24.8 Å². The van der Waals surface area contributed by atoms with Gasteiger partial charge in [-0.25, -0.2) is 14.8 Å². The highest BCUT2D eigenvalue weighted by molar-refractivity contribution is 7.99. The van der Waals surface area contributed by atoms with Gasteiger partial charge in [0.05, 0.1) is 18.3 Å². The van der Waals surface area contributed by atoms with Crippen LogP contribution in [-0.4, -0.2) is 88.8 Å². The van der Waals surface area contributed by atoms with Gasteiger partial charge in [0.25, 0.3) is 0 Å². The minimum Gasteiger partial charge on any atom is -0.466 e. The number of nitrogens with zero attached hydrogens (tertiary/aromatic N) is 5. The minimum atomic E-state index is -0.180. The Morgan fingerprint density at radius 3 is 2.59 bits per heavy atom. The second-order valence-electron chi connectivity index (χ2n) is 9.82. The summed E-state index contributed by atoms with van der Waals surface area (Å²) in [7, 11) is 0. The maximum absolute atomic E-state index is 12.9. The molecular formula is C27H35ClN6O4S. The maximum Gasteiger partial charge on any atom is 0.322 e. The molecule has 0 saturated carbocycles. The van der Waals surface area contributed by atoms with Crippen molar-refractivity contribution in [2.75, 3.05) is 55.3 Å². The van der Waals surface area contributed by atoms with E-state index in [2.05, 4.69) is 20.2 Å². The van der Waals surface area contributed by atoms with Crippen molar-refractivity contribution in [3.05, 3.63) is 41.0 Å². The van der Waals surface area contributed by atoms with Crippen LogP contribution in [0.4, 0.5) is 16.3 Å². The van der Waals surface area contributed by atoms with Crippen LogP contribution in [0.3, 0.4) is 0 Å². The smallest absolute Gasteiger partial charge is 0.322 e. The van der Waals surface area contributed by atoms with E-state index in [1.54, 1.807) is 17.9 Å². The number of likely N-dealkylation sites (tertiary alicyclic amines) is 1. The van der Waals surface area contributed by atoms with Crippen molar-refractivity contribution in [1.82, 2.24) is 19.8 Å². The number of rotatable bonds is 7. The van der Waals surface area contributed by atoms with Gasteiger partial charge in [-0.3, -0.25) is 9.59 Å². The van der Waals surface area contributed by atoms with Crippen molar-refractivity contribution in [3.63, 3.8) is 0 Å². The molecule has 39 heavy (non-hydrogen) atoms. The molecule has 2 fully saturated rings. The molecule has 3 amide bonds. The van der Waals surface area contributed by atoms with Crippen LogP contribution in [-0.2, 0) is 14.3 Å². The van der Waals surface area contributed by atoms with E-state index >= 15 is 0 Å². The van der Waals surface area contributed by atoms with E-state index in [4.69, 9.17) is 16.3 Å². The molecule has 0 spiro atoms. The number of aryl methyl sites for hydroxylation is 1. The first-order valence-corrected chi connectivity index (χ1v) is 14.6. The SMILES string of the molecule is CCOC(=O)C1CCN(C(=O)CSc2nc(Cl)cc(N3CCN(C(=O)Nc4cccc(C)c4)C(C)C3)n2)CC1. The van der Waals surface area contributed by atoms with E-state index in [1.165, 1.54) is 11.8 Å². The Morgan fingerprint density at radius 1 is 1.13 bits per heavy atom. The van der Waals surface area contributed by atoms with Crippen LogP contribution in [0.25, 0.3) is 0 Å². The number of hydrogen-bond acceptors (Lipinski definition) is 8. The first-order valence-electron chi connectivity index (χ1n) is 13.2. The van der Waals surface area contributed by atoms with Gasteiger partial charge in [-0.05, 0) is 51.3 Å². The number of piperidine rings is 1. The molecule has 1 aromatic heterocycles. The van der Waals surface area contributed by atoms with E-state index in [9.17, 15) is 14.4 Å². The van der Waals surface area contributed by atoms with Gasteiger partial charge >= 0.3 is 12.0 Å². The highest BCUT2D eigenvalue weighted by Crippen LogP contribution is 2.26. The largest absolute Gasteiger partial charge is 0.466 e.